The summed E-state index contributed by atoms with van der Waals surface area (Å²) >= 11 is 0. The summed E-state index contributed by atoms with van der Waals surface area (Å²) in [5.41, 5.74) is 1.67. The zero-order chi connectivity index (χ0) is 13.1. The minimum atomic E-state index is -1.09. The lowest BCUT2D eigenvalue weighted by Gasteiger charge is -2.22. The van der Waals surface area contributed by atoms with Crippen molar-refractivity contribution in [1.29, 1.82) is 5.26 Å². The van der Waals surface area contributed by atoms with Gasteiger partial charge in [0, 0.05) is 6.04 Å². The van der Waals surface area contributed by atoms with E-state index in [1.807, 2.05) is 39.8 Å². The van der Waals surface area contributed by atoms with Crippen LogP contribution in [0.3, 0.4) is 0 Å². The molecule has 0 amide bonds. The van der Waals surface area contributed by atoms with E-state index in [2.05, 4.69) is 10.8 Å². The smallest absolute Gasteiger partial charge is 0.0991 e. The molecule has 0 aliphatic carbocycles. The maximum absolute atomic E-state index is 11.9. The minimum absolute atomic E-state index is 0.00259. The first kappa shape index (κ1) is 13.9. The predicted octanol–water partition coefficient (Wildman–Crippen LogP) is 2.67. The molecule has 1 N–H and O–H groups in total. The van der Waals surface area contributed by atoms with Crippen molar-refractivity contribution in [2.45, 2.75) is 38.5 Å². The Morgan fingerprint density at radius 3 is 2.24 bits per heavy atom. The lowest BCUT2D eigenvalue weighted by atomic mass is 10.1. The summed E-state index contributed by atoms with van der Waals surface area (Å²) in [5.74, 6) is 0. The molecule has 0 radical (unpaired) electrons. The first-order chi connectivity index (χ1) is 7.84. The number of hydrogen-bond donors (Lipinski definition) is 1. The van der Waals surface area contributed by atoms with Crippen molar-refractivity contribution in [3.8, 4) is 6.07 Å². The normalized spacial score (nSPS) is 15.0. The molecule has 0 aromatic heterocycles. The van der Waals surface area contributed by atoms with E-state index in [1.165, 1.54) is 0 Å². The van der Waals surface area contributed by atoms with E-state index in [1.54, 1.807) is 12.1 Å². The topological polar surface area (TPSA) is 52.9 Å². The molecule has 0 heterocycles. The number of rotatable bonds is 3. The summed E-state index contributed by atoms with van der Waals surface area (Å²) in [6.45, 7) is 7.76. The number of benzene rings is 1. The molecule has 1 unspecified atom stereocenters. The quantitative estimate of drug-likeness (QED) is 0.896. The largest absolute Gasteiger partial charge is 0.242 e. The summed E-state index contributed by atoms with van der Waals surface area (Å²) in [4.78, 5) is 0. The van der Waals surface area contributed by atoms with Crippen LogP contribution in [0.4, 0.5) is 0 Å². The molecule has 17 heavy (non-hydrogen) atoms. The molecule has 0 saturated carbocycles. The van der Waals surface area contributed by atoms with Crippen LogP contribution >= 0.6 is 0 Å². The highest BCUT2D eigenvalue weighted by Gasteiger charge is 2.21. The Balaban J connectivity index is 2.74. The third-order valence-corrected chi connectivity index (χ3v) is 4.06. The van der Waals surface area contributed by atoms with E-state index >= 15 is 0 Å². The molecule has 1 aromatic rings. The SMILES string of the molecule is C[C@H](NS(=O)C(C)(C)C)c1ccc(C#N)cc1. The van der Waals surface area contributed by atoms with Crippen LogP contribution in [-0.2, 0) is 11.0 Å². The number of nitriles is 1. The molecule has 0 fully saturated rings. The molecule has 4 heteroatoms. The van der Waals surface area contributed by atoms with Crippen LogP contribution in [0.2, 0.25) is 0 Å². The van der Waals surface area contributed by atoms with Crippen LogP contribution in [0, 0.1) is 11.3 Å². The Morgan fingerprint density at radius 1 is 1.29 bits per heavy atom. The molecule has 1 aromatic carbocycles. The zero-order valence-corrected chi connectivity index (χ0v) is 11.5. The molecule has 92 valence electrons. The van der Waals surface area contributed by atoms with Gasteiger partial charge in [-0.1, -0.05) is 12.1 Å². The van der Waals surface area contributed by atoms with Gasteiger partial charge in [0.05, 0.1) is 27.4 Å². The molecular formula is C13H18N2OS. The van der Waals surface area contributed by atoms with E-state index in [9.17, 15) is 4.21 Å². The average molecular weight is 250 g/mol. The van der Waals surface area contributed by atoms with Gasteiger partial charge >= 0.3 is 0 Å². The van der Waals surface area contributed by atoms with Crippen LogP contribution < -0.4 is 4.72 Å². The van der Waals surface area contributed by atoms with Crippen LogP contribution in [-0.4, -0.2) is 8.96 Å². The molecule has 0 spiro atoms. The van der Waals surface area contributed by atoms with E-state index in [-0.39, 0.29) is 10.8 Å². The van der Waals surface area contributed by atoms with Gasteiger partial charge < -0.3 is 0 Å². The van der Waals surface area contributed by atoms with Gasteiger partial charge in [-0.15, -0.1) is 0 Å². The van der Waals surface area contributed by atoms with Gasteiger partial charge in [-0.3, -0.25) is 0 Å². The molecule has 0 saturated heterocycles. The molecule has 1 rings (SSSR count). The van der Waals surface area contributed by atoms with Gasteiger partial charge in [0.1, 0.15) is 0 Å². The lowest BCUT2D eigenvalue weighted by Crippen LogP contribution is -2.34. The first-order valence-corrected chi connectivity index (χ1v) is 6.67. The highest BCUT2D eigenvalue weighted by molar-refractivity contribution is 7.84. The van der Waals surface area contributed by atoms with Gasteiger partial charge in [0.25, 0.3) is 0 Å². The second-order valence-electron chi connectivity index (χ2n) is 4.95. The summed E-state index contributed by atoms with van der Waals surface area (Å²) in [7, 11) is -1.09. The fourth-order valence-electron chi connectivity index (χ4n) is 1.25. The van der Waals surface area contributed by atoms with E-state index < -0.39 is 11.0 Å². The van der Waals surface area contributed by atoms with E-state index in [4.69, 9.17) is 5.26 Å². The molecule has 0 aliphatic rings. The van der Waals surface area contributed by atoms with Crippen LogP contribution in [0.5, 0.6) is 0 Å². The van der Waals surface area contributed by atoms with Gasteiger partial charge in [-0.05, 0) is 45.4 Å². The zero-order valence-electron chi connectivity index (χ0n) is 10.7. The number of nitrogens with zero attached hydrogens (tertiary/aromatic N) is 1. The number of nitrogens with one attached hydrogen (secondary N) is 1. The van der Waals surface area contributed by atoms with Crippen molar-refractivity contribution in [3.05, 3.63) is 35.4 Å². The summed E-state index contributed by atoms with van der Waals surface area (Å²) < 4.78 is 14.7. The standard InChI is InChI=1S/C13H18N2OS/c1-10(15-17(16)13(2,3)4)12-7-5-11(9-14)6-8-12/h5-8,10,15H,1-4H3/t10-,17?/m0/s1. The molecule has 0 aliphatic heterocycles. The van der Waals surface area contributed by atoms with Crippen molar-refractivity contribution in [3.63, 3.8) is 0 Å². The third kappa shape index (κ3) is 3.95. The average Bonchev–Trinajstić information content (AvgIpc) is 2.27. The Kier molecular flexibility index (Phi) is 4.44. The van der Waals surface area contributed by atoms with Crippen LogP contribution in [0.15, 0.2) is 24.3 Å². The highest BCUT2D eigenvalue weighted by Crippen LogP contribution is 2.17. The Morgan fingerprint density at radius 2 is 1.82 bits per heavy atom. The van der Waals surface area contributed by atoms with E-state index in [0.717, 1.165) is 5.56 Å². The lowest BCUT2D eigenvalue weighted by molar-refractivity contribution is 0.616. The molecular weight excluding hydrogens is 232 g/mol. The maximum Gasteiger partial charge on any atom is 0.0991 e. The third-order valence-electron chi connectivity index (χ3n) is 2.38. The molecule has 0 bridgehead atoms. The van der Waals surface area contributed by atoms with Crippen LogP contribution in [0.1, 0.15) is 44.9 Å². The second-order valence-corrected chi connectivity index (χ2v) is 6.95. The van der Waals surface area contributed by atoms with Gasteiger partial charge in [-0.25, -0.2) is 8.93 Å². The monoisotopic (exact) mass is 250 g/mol. The van der Waals surface area contributed by atoms with Crippen molar-refractivity contribution >= 4 is 11.0 Å². The van der Waals surface area contributed by atoms with Crippen molar-refractivity contribution in [2.24, 2.45) is 0 Å². The Labute approximate surface area is 105 Å². The Hall–Kier alpha value is -1.18. The first-order valence-electron chi connectivity index (χ1n) is 5.52. The summed E-state index contributed by atoms with van der Waals surface area (Å²) in [5, 5.41) is 8.70. The summed E-state index contributed by atoms with van der Waals surface area (Å²) in [6.07, 6.45) is 0. The van der Waals surface area contributed by atoms with Crippen molar-refractivity contribution in [1.82, 2.24) is 4.72 Å². The van der Waals surface area contributed by atoms with Gasteiger partial charge in [-0.2, -0.15) is 5.26 Å². The predicted molar refractivity (Wildman–Crippen MR) is 70.6 cm³/mol. The Bertz CT molecular complexity index is 440. The van der Waals surface area contributed by atoms with E-state index in [0.29, 0.717) is 5.56 Å². The highest BCUT2D eigenvalue weighted by atomic mass is 32.2. The minimum Gasteiger partial charge on any atom is -0.242 e. The molecule has 2 atom stereocenters. The summed E-state index contributed by atoms with van der Waals surface area (Å²) in [6, 6.07) is 9.39. The number of hydrogen-bond acceptors (Lipinski definition) is 2. The fraction of sp³-hybridized carbons (Fsp3) is 0.462. The second kappa shape index (κ2) is 5.44. The van der Waals surface area contributed by atoms with Crippen molar-refractivity contribution in [2.75, 3.05) is 0 Å². The van der Waals surface area contributed by atoms with Crippen LogP contribution in [0.25, 0.3) is 0 Å². The maximum atomic E-state index is 11.9. The van der Waals surface area contributed by atoms with Crippen molar-refractivity contribution < 1.29 is 4.21 Å². The fourth-order valence-corrected chi connectivity index (χ4v) is 2.06. The van der Waals surface area contributed by atoms with Gasteiger partial charge in [0.2, 0.25) is 0 Å². The molecule has 3 nitrogen and oxygen atoms in total. The van der Waals surface area contributed by atoms with Gasteiger partial charge in [0.15, 0.2) is 0 Å².